The minimum absolute atomic E-state index is 0.114. The molecule has 2 aromatic rings. The monoisotopic (exact) mass is 284 g/mol. The lowest BCUT2D eigenvalue weighted by Gasteiger charge is -2.31. The number of carbonyl (C=O) groups is 1. The third-order valence-electron chi connectivity index (χ3n) is 4.08. The Morgan fingerprint density at radius 2 is 1.71 bits per heavy atom. The van der Waals surface area contributed by atoms with Crippen molar-refractivity contribution < 1.29 is 9.53 Å². The Balaban J connectivity index is 1.68. The van der Waals surface area contributed by atoms with Gasteiger partial charge in [0, 0.05) is 43.8 Å². The third kappa shape index (κ3) is 3.00. The number of nitrogens with zero attached hydrogens (tertiary/aromatic N) is 2. The van der Waals surface area contributed by atoms with Crippen molar-refractivity contribution in [3.63, 3.8) is 0 Å². The van der Waals surface area contributed by atoms with Crippen molar-refractivity contribution in [1.29, 1.82) is 0 Å². The summed E-state index contributed by atoms with van der Waals surface area (Å²) in [5, 5.41) is 0. The van der Waals surface area contributed by atoms with Crippen molar-refractivity contribution >= 4 is 5.91 Å². The van der Waals surface area contributed by atoms with Gasteiger partial charge in [0.05, 0.1) is 6.10 Å². The molecule has 1 aromatic carbocycles. The fourth-order valence-corrected chi connectivity index (χ4v) is 2.76. The van der Waals surface area contributed by atoms with Gasteiger partial charge in [-0.1, -0.05) is 0 Å². The number of carbonyl (C=O) groups excluding carboxylic acids is 1. The highest BCUT2D eigenvalue weighted by atomic mass is 16.5. The highest BCUT2D eigenvalue weighted by molar-refractivity contribution is 5.94. The smallest absolute Gasteiger partial charge is 0.253 e. The minimum atomic E-state index is 0.114. The zero-order chi connectivity index (χ0) is 14.7. The summed E-state index contributed by atoms with van der Waals surface area (Å²) < 4.78 is 7.37. The number of likely N-dealkylation sites (tertiary alicyclic amines) is 1. The van der Waals surface area contributed by atoms with Crippen LogP contribution < -0.4 is 0 Å². The molecule has 1 amide bonds. The fraction of sp³-hybridized carbons (Fsp3) is 0.353. The SMILES string of the molecule is COC1CCN(C(=O)c2ccc(-n3cccc3)cc2)CC1. The summed E-state index contributed by atoms with van der Waals surface area (Å²) in [6.45, 7) is 1.55. The summed E-state index contributed by atoms with van der Waals surface area (Å²) in [6.07, 6.45) is 6.12. The first-order valence-electron chi connectivity index (χ1n) is 7.33. The molecule has 1 fully saturated rings. The molecule has 0 spiro atoms. The Hall–Kier alpha value is -2.07. The van der Waals surface area contributed by atoms with Crippen molar-refractivity contribution in [2.45, 2.75) is 18.9 Å². The molecule has 0 unspecified atom stereocenters. The molecule has 3 rings (SSSR count). The normalized spacial score (nSPS) is 16.1. The van der Waals surface area contributed by atoms with E-state index in [1.807, 2.05) is 58.3 Å². The van der Waals surface area contributed by atoms with E-state index in [1.165, 1.54) is 0 Å². The van der Waals surface area contributed by atoms with Gasteiger partial charge in [0.2, 0.25) is 0 Å². The van der Waals surface area contributed by atoms with Crippen molar-refractivity contribution in [3.8, 4) is 5.69 Å². The van der Waals surface area contributed by atoms with E-state index < -0.39 is 0 Å². The van der Waals surface area contributed by atoms with Crippen LogP contribution in [0, 0.1) is 0 Å². The molecule has 1 aliphatic rings. The van der Waals surface area contributed by atoms with Gasteiger partial charge in [-0.25, -0.2) is 0 Å². The highest BCUT2D eigenvalue weighted by Crippen LogP contribution is 2.17. The first-order chi connectivity index (χ1) is 10.3. The molecule has 1 saturated heterocycles. The standard InChI is InChI=1S/C17H20N2O2/c1-21-16-8-12-19(13-9-16)17(20)14-4-6-15(7-5-14)18-10-2-3-11-18/h2-7,10-11,16H,8-9,12-13H2,1H3. The van der Waals surface area contributed by atoms with Crippen LogP contribution in [-0.4, -0.2) is 41.7 Å². The first kappa shape index (κ1) is 13.9. The minimum Gasteiger partial charge on any atom is -0.381 e. The third-order valence-corrected chi connectivity index (χ3v) is 4.08. The van der Waals surface area contributed by atoms with Crippen LogP contribution in [-0.2, 0) is 4.74 Å². The largest absolute Gasteiger partial charge is 0.381 e. The van der Waals surface area contributed by atoms with E-state index in [-0.39, 0.29) is 5.91 Å². The van der Waals surface area contributed by atoms with Gasteiger partial charge in [-0.05, 0) is 49.2 Å². The van der Waals surface area contributed by atoms with E-state index in [4.69, 9.17) is 4.74 Å². The van der Waals surface area contributed by atoms with Gasteiger partial charge < -0.3 is 14.2 Å². The average molecular weight is 284 g/mol. The number of rotatable bonds is 3. The molecular formula is C17H20N2O2. The Kier molecular flexibility index (Phi) is 4.06. The van der Waals surface area contributed by atoms with E-state index in [0.717, 1.165) is 37.2 Å². The van der Waals surface area contributed by atoms with Crippen LogP contribution in [0.15, 0.2) is 48.8 Å². The molecule has 21 heavy (non-hydrogen) atoms. The number of piperidine rings is 1. The van der Waals surface area contributed by atoms with Gasteiger partial charge >= 0.3 is 0 Å². The van der Waals surface area contributed by atoms with Crippen molar-refractivity contribution in [2.75, 3.05) is 20.2 Å². The van der Waals surface area contributed by atoms with Gasteiger partial charge in [-0.2, -0.15) is 0 Å². The van der Waals surface area contributed by atoms with Crippen LogP contribution in [0.1, 0.15) is 23.2 Å². The van der Waals surface area contributed by atoms with Gasteiger partial charge in [0.25, 0.3) is 5.91 Å². The summed E-state index contributed by atoms with van der Waals surface area (Å²) in [4.78, 5) is 14.4. The lowest BCUT2D eigenvalue weighted by Crippen LogP contribution is -2.40. The lowest BCUT2D eigenvalue weighted by atomic mass is 10.1. The maximum Gasteiger partial charge on any atom is 0.253 e. The molecule has 0 saturated carbocycles. The second kappa shape index (κ2) is 6.14. The second-order valence-corrected chi connectivity index (χ2v) is 5.36. The molecule has 110 valence electrons. The van der Waals surface area contributed by atoms with Crippen molar-refractivity contribution in [1.82, 2.24) is 9.47 Å². The van der Waals surface area contributed by atoms with Gasteiger partial charge in [-0.3, -0.25) is 4.79 Å². The van der Waals surface area contributed by atoms with E-state index in [1.54, 1.807) is 7.11 Å². The first-order valence-corrected chi connectivity index (χ1v) is 7.33. The summed E-state index contributed by atoms with van der Waals surface area (Å²) in [7, 11) is 1.74. The second-order valence-electron chi connectivity index (χ2n) is 5.36. The lowest BCUT2D eigenvalue weighted by molar-refractivity contribution is 0.0351. The van der Waals surface area contributed by atoms with Crippen LogP contribution in [0.4, 0.5) is 0 Å². The summed E-state index contributed by atoms with van der Waals surface area (Å²) in [6, 6.07) is 11.7. The molecule has 1 aliphatic heterocycles. The topological polar surface area (TPSA) is 34.5 Å². The van der Waals surface area contributed by atoms with Gasteiger partial charge in [0.1, 0.15) is 0 Å². The predicted molar refractivity (Wildman–Crippen MR) is 81.7 cm³/mol. The predicted octanol–water partition coefficient (Wildman–Crippen LogP) is 2.73. The zero-order valence-corrected chi connectivity index (χ0v) is 12.2. The molecule has 0 N–H and O–H groups in total. The molecule has 4 heteroatoms. The van der Waals surface area contributed by atoms with Gasteiger partial charge in [-0.15, -0.1) is 0 Å². The maximum absolute atomic E-state index is 12.5. The van der Waals surface area contributed by atoms with Crippen LogP contribution in [0.5, 0.6) is 0 Å². The number of aromatic nitrogens is 1. The Bertz CT molecular complexity index is 582. The number of hydrogen-bond acceptors (Lipinski definition) is 2. The molecule has 4 nitrogen and oxygen atoms in total. The zero-order valence-electron chi connectivity index (χ0n) is 12.2. The van der Waals surface area contributed by atoms with Crippen molar-refractivity contribution in [2.24, 2.45) is 0 Å². The van der Waals surface area contributed by atoms with Crippen LogP contribution >= 0.6 is 0 Å². The maximum atomic E-state index is 12.5. The van der Waals surface area contributed by atoms with E-state index in [2.05, 4.69) is 0 Å². The van der Waals surface area contributed by atoms with Crippen LogP contribution in [0.25, 0.3) is 5.69 Å². The summed E-state index contributed by atoms with van der Waals surface area (Å²) in [5.74, 6) is 0.114. The van der Waals surface area contributed by atoms with Crippen molar-refractivity contribution in [3.05, 3.63) is 54.4 Å². The number of benzene rings is 1. The Morgan fingerprint density at radius 3 is 2.29 bits per heavy atom. The van der Waals surface area contributed by atoms with Gasteiger partial charge in [0.15, 0.2) is 0 Å². The number of ether oxygens (including phenoxy) is 1. The fourth-order valence-electron chi connectivity index (χ4n) is 2.76. The van der Waals surface area contributed by atoms with E-state index in [0.29, 0.717) is 6.10 Å². The Morgan fingerprint density at radius 1 is 1.10 bits per heavy atom. The number of hydrogen-bond donors (Lipinski definition) is 0. The highest BCUT2D eigenvalue weighted by Gasteiger charge is 2.23. The quantitative estimate of drug-likeness (QED) is 0.868. The van der Waals surface area contributed by atoms with Crippen LogP contribution in [0.2, 0.25) is 0 Å². The molecule has 0 aliphatic carbocycles. The molecule has 0 radical (unpaired) electrons. The summed E-state index contributed by atoms with van der Waals surface area (Å²) >= 11 is 0. The van der Waals surface area contributed by atoms with E-state index in [9.17, 15) is 4.79 Å². The molecule has 0 bridgehead atoms. The van der Waals surface area contributed by atoms with Crippen LogP contribution in [0.3, 0.4) is 0 Å². The molecule has 1 aromatic heterocycles. The Labute approximate surface area is 124 Å². The molecule has 0 atom stereocenters. The molecular weight excluding hydrogens is 264 g/mol. The number of methoxy groups -OCH3 is 1. The average Bonchev–Trinajstić information content (AvgIpc) is 3.09. The summed E-state index contributed by atoms with van der Waals surface area (Å²) in [5.41, 5.74) is 1.82. The van der Waals surface area contributed by atoms with E-state index >= 15 is 0 Å². The molecule has 2 heterocycles. The number of amides is 1.